The van der Waals surface area contributed by atoms with E-state index in [1.165, 1.54) is 50.6 Å². The zero-order valence-corrected chi connectivity index (χ0v) is 27.6. The fourth-order valence-corrected chi connectivity index (χ4v) is 5.79. The van der Waals surface area contributed by atoms with E-state index in [0.29, 0.717) is 4.90 Å². The van der Waals surface area contributed by atoms with Crippen molar-refractivity contribution < 1.29 is 38.2 Å². The molecule has 1 aliphatic heterocycles. The molecule has 2 aromatic heterocycles. The van der Waals surface area contributed by atoms with E-state index in [9.17, 15) is 29.1 Å². The molecule has 3 heterocycles. The molecule has 6 rings (SSSR count). The van der Waals surface area contributed by atoms with E-state index < -0.39 is 35.1 Å². The number of aromatic nitrogens is 1. The minimum Gasteiger partial charge on any atom is -0.493 e. The first-order valence-electron chi connectivity index (χ1n) is 15.3. The molecule has 0 fully saturated rings. The van der Waals surface area contributed by atoms with Gasteiger partial charge in [0.25, 0.3) is 29.2 Å². The predicted molar refractivity (Wildman–Crippen MR) is 179 cm³/mol. The van der Waals surface area contributed by atoms with Gasteiger partial charge in [-0.25, -0.2) is 9.69 Å². The van der Waals surface area contributed by atoms with Crippen LogP contribution in [0.1, 0.15) is 69.2 Å². The third-order valence-corrected chi connectivity index (χ3v) is 8.34. The molecule has 5 aromatic rings. The van der Waals surface area contributed by atoms with Crippen LogP contribution in [0.4, 0.5) is 11.4 Å². The molecule has 0 bridgehead atoms. The number of aromatic hydroxyl groups is 1. The molecule has 0 saturated heterocycles. The lowest BCUT2D eigenvalue weighted by atomic mass is 10.0. The number of ether oxygens (including phenoxy) is 2. The van der Waals surface area contributed by atoms with Gasteiger partial charge in [-0.2, -0.15) is 0 Å². The van der Waals surface area contributed by atoms with E-state index in [2.05, 4.69) is 10.2 Å². The van der Waals surface area contributed by atoms with Crippen LogP contribution in [0.25, 0.3) is 0 Å². The first-order valence-corrected chi connectivity index (χ1v) is 15.3. The summed E-state index contributed by atoms with van der Waals surface area (Å²) in [7, 11) is 1.24. The summed E-state index contributed by atoms with van der Waals surface area (Å²) in [4.78, 5) is 67.8. The van der Waals surface area contributed by atoms with Crippen LogP contribution in [0.15, 0.2) is 92.4 Å². The van der Waals surface area contributed by atoms with Crippen molar-refractivity contribution >= 4 is 35.1 Å². The number of carbonyl (C=O) groups is 4. The molecular formula is C37H30N4O9. The van der Waals surface area contributed by atoms with Crippen molar-refractivity contribution in [2.75, 3.05) is 0 Å². The number of hydrogen-bond donors (Lipinski definition) is 1. The minimum atomic E-state index is -0.981. The average molecular weight is 675 g/mol. The molecule has 252 valence electrons. The van der Waals surface area contributed by atoms with Crippen molar-refractivity contribution in [3.8, 4) is 17.6 Å². The number of furan rings is 1. The number of nitrogens with zero attached hydrogens (tertiary/aromatic N) is 4. The Morgan fingerprint density at radius 3 is 2.20 bits per heavy atom. The van der Waals surface area contributed by atoms with Crippen molar-refractivity contribution in [2.24, 2.45) is 17.3 Å². The van der Waals surface area contributed by atoms with Gasteiger partial charge in [0.2, 0.25) is 5.88 Å². The zero-order valence-electron chi connectivity index (χ0n) is 27.6. The van der Waals surface area contributed by atoms with Gasteiger partial charge < -0.3 is 19.0 Å². The summed E-state index contributed by atoms with van der Waals surface area (Å²) >= 11 is 0. The van der Waals surface area contributed by atoms with Gasteiger partial charge in [0.1, 0.15) is 23.6 Å². The lowest BCUT2D eigenvalue weighted by molar-refractivity contribution is 0.0465. The van der Waals surface area contributed by atoms with Crippen molar-refractivity contribution in [3.63, 3.8) is 0 Å². The summed E-state index contributed by atoms with van der Waals surface area (Å²) < 4.78 is 17.4. The topological polar surface area (TPSA) is 170 Å². The number of pyridine rings is 1. The highest BCUT2D eigenvalue weighted by Gasteiger charge is 2.44. The van der Waals surface area contributed by atoms with E-state index >= 15 is 0 Å². The van der Waals surface area contributed by atoms with Crippen LogP contribution in [0.2, 0.25) is 0 Å². The van der Waals surface area contributed by atoms with Gasteiger partial charge in [0.05, 0.1) is 23.1 Å². The van der Waals surface area contributed by atoms with Crippen LogP contribution in [0.3, 0.4) is 0 Å². The van der Waals surface area contributed by atoms with Gasteiger partial charge >= 0.3 is 5.97 Å². The van der Waals surface area contributed by atoms with Gasteiger partial charge in [-0.3, -0.25) is 23.7 Å². The number of carbonyl (C=O) groups excluding carboxylic acids is 4. The predicted octanol–water partition coefficient (Wildman–Crippen LogP) is 6.92. The zero-order chi connectivity index (χ0) is 35.9. The Morgan fingerprint density at radius 2 is 1.54 bits per heavy atom. The van der Waals surface area contributed by atoms with Gasteiger partial charge in [0.15, 0.2) is 0 Å². The van der Waals surface area contributed by atoms with E-state index in [1.54, 1.807) is 24.3 Å². The Hall–Kier alpha value is -6.63. The Balaban J connectivity index is 1.39. The average Bonchev–Trinajstić information content (AvgIpc) is 3.69. The number of imide groups is 3. The fourth-order valence-electron chi connectivity index (χ4n) is 5.79. The summed E-state index contributed by atoms with van der Waals surface area (Å²) in [5.41, 5.74) is 1.58. The number of hydrogen-bond acceptors (Lipinski definition) is 11. The molecule has 0 aliphatic carbocycles. The van der Waals surface area contributed by atoms with E-state index in [4.69, 9.17) is 13.9 Å². The minimum absolute atomic E-state index is 0.0209. The molecule has 13 heteroatoms. The normalized spacial score (nSPS) is 12.5. The van der Waals surface area contributed by atoms with Crippen LogP contribution in [-0.4, -0.2) is 38.3 Å². The van der Waals surface area contributed by atoms with Crippen molar-refractivity contribution in [2.45, 2.75) is 34.3 Å². The maximum atomic E-state index is 13.8. The molecule has 13 nitrogen and oxygen atoms in total. The first kappa shape index (κ1) is 33.3. The number of fused-ring (bicyclic) bond motifs is 1. The van der Waals surface area contributed by atoms with Gasteiger partial charge in [-0.1, -0.05) is 35.9 Å². The molecule has 0 radical (unpaired) electrons. The molecular weight excluding hydrogens is 644 g/mol. The fraction of sp³-hybridized carbons (Fsp3) is 0.162. The molecule has 3 amide bonds. The standard InChI is InChI=1S/C37H30N4O9/c1-19-16-20(2)24(21(3)17-19)18-49-37(47)28-22(4)31(36(46)40(5)33(28)43)39-38-25-13-14-26(50-27-12-9-15-48-27)30-29(25)34(44)41(35(30)45)32(42)23-10-7-6-8-11-23/h6-17,46H,18H2,1-5H3. The maximum absolute atomic E-state index is 13.8. The van der Waals surface area contributed by atoms with E-state index in [0.717, 1.165) is 26.8 Å². The smallest absolute Gasteiger partial charge is 0.344 e. The quantitative estimate of drug-likeness (QED) is 0.104. The largest absolute Gasteiger partial charge is 0.493 e. The maximum Gasteiger partial charge on any atom is 0.344 e. The van der Waals surface area contributed by atoms with Crippen molar-refractivity contribution in [1.82, 2.24) is 9.47 Å². The Bertz CT molecular complexity index is 2280. The van der Waals surface area contributed by atoms with Crippen molar-refractivity contribution in [3.05, 3.63) is 133 Å². The number of azo groups is 1. The van der Waals surface area contributed by atoms with E-state index in [1.807, 2.05) is 32.9 Å². The lowest BCUT2D eigenvalue weighted by Gasteiger charge is -2.14. The molecule has 0 saturated carbocycles. The monoisotopic (exact) mass is 674 g/mol. The Kier molecular flexibility index (Phi) is 8.73. The number of amides is 3. The van der Waals surface area contributed by atoms with E-state index in [-0.39, 0.29) is 57.5 Å². The second kappa shape index (κ2) is 13.1. The Labute approximate surface area is 285 Å². The van der Waals surface area contributed by atoms with Crippen LogP contribution in [0, 0.1) is 27.7 Å². The number of aryl methyl sites for hydroxylation is 3. The van der Waals surface area contributed by atoms with Gasteiger partial charge in [-0.05, 0) is 74.7 Å². The summed E-state index contributed by atoms with van der Waals surface area (Å²) in [6.07, 6.45) is 1.35. The second-order valence-corrected chi connectivity index (χ2v) is 11.7. The highest BCUT2D eigenvalue weighted by molar-refractivity contribution is 6.33. The Morgan fingerprint density at radius 1 is 0.860 bits per heavy atom. The molecule has 50 heavy (non-hydrogen) atoms. The highest BCUT2D eigenvalue weighted by atomic mass is 16.6. The highest BCUT2D eigenvalue weighted by Crippen LogP contribution is 2.41. The third kappa shape index (κ3) is 5.85. The summed E-state index contributed by atoms with van der Waals surface area (Å²) in [5, 5.41) is 19.2. The molecule has 0 atom stereocenters. The van der Waals surface area contributed by atoms with Crippen LogP contribution in [-0.2, 0) is 18.4 Å². The van der Waals surface area contributed by atoms with Gasteiger partial charge in [0, 0.05) is 24.2 Å². The third-order valence-electron chi connectivity index (χ3n) is 8.34. The van der Waals surface area contributed by atoms with Crippen LogP contribution in [0.5, 0.6) is 17.6 Å². The summed E-state index contributed by atoms with van der Waals surface area (Å²) in [5.74, 6) is -4.42. The molecule has 0 unspecified atom stereocenters. The summed E-state index contributed by atoms with van der Waals surface area (Å²) in [6.45, 7) is 7.06. The molecule has 3 aromatic carbocycles. The first-order chi connectivity index (χ1) is 23.9. The molecule has 0 spiro atoms. The lowest BCUT2D eigenvalue weighted by Crippen LogP contribution is -2.36. The van der Waals surface area contributed by atoms with Crippen molar-refractivity contribution in [1.29, 1.82) is 0 Å². The summed E-state index contributed by atoms with van der Waals surface area (Å²) in [6, 6.07) is 17.4. The SMILES string of the molecule is Cc1cc(C)c(COC(=O)c2c(C)c(N=Nc3ccc(Oc4ccco4)c4c3C(=O)N(C(=O)c3ccccc3)C4=O)c(O)n(C)c2=O)c(C)c1. The molecule has 1 N–H and O–H groups in total. The molecule has 1 aliphatic rings. The van der Waals surface area contributed by atoms with Crippen LogP contribution >= 0.6 is 0 Å². The van der Waals surface area contributed by atoms with Gasteiger partial charge in [-0.15, -0.1) is 10.2 Å². The number of esters is 1. The number of benzene rings is 3. The second-order valence-electron chi connectivity index (χ2n) is 11.7. The number of rotatable bonds is 8. The van der Waals surface area contributed by atoms with Crippen LogP contribution < -0.4 is 10.3 Å².